The Balaban J connectivity index is 2.50. The fourth-order valence-electron chi connectivity index (χ4n) is 2.90. The van der Waals surface area contributed by atoms with Gasteiger partial charge in [0, 0.05) is 6.04 Å². The van der Waals surface area contributed by atoms with Gasteiger partial charge in [0.25, 0.3) is 0 Å². The third-order valence-electron chi connectivity index (χ3n) is 4.11. The number of thiol groups is 1. The average Bonchev–Trinajstić information content (AvgIpc) is 2.96. The summed E-state index contributed by atoms with van der Waals surface area (Å²) < 4.78 is 5.29. The standard InChI is InChI=1S/C18H34N2O3S/c1-18(2,3)23-17(22)20-15(12-6-4-5-9-13-24)16(21)19-14-10-7-8-11-14/h14-15,24H,4-13H2,1-3H3,(H,19,21)(H,20,22)/t15-/m0/s1. The molecule has 24 heavy (non-hydrogen) atoms. The predicted octanol–water partition coefficient (Wildman–Crippen LogP) is 3.82. The Bertz CT molecular complexity index is 390. The Labute approximate surface area is 152 Å². The van der Waals surface area contributed by atoms with E-state index in [-0.39, 0.29) is 11.9 Å². The summed E-state index contributed by atoms with van der Waals surface area (Å²) in [6, 6.07) is -0.263. The zero-order valence-electron chi connectivity index (χ0n) is 15.4. The van der Waals surface area contributed by atoms with Gasteiger partial charge in [-0.05, 0) is 52.2 Å². The van der Waals surface area contributed by atoms with Gasteiger partial charge in [-0.3, -0.25) is 4.79 Å². The van der Waals surface area contributed by atoms with Gasteiger partial charge in [0.05, 0.1) is 0 Å². The van der Waals surface area contributed by atoms with Gasteiger partial charge in [0.2, 0.25) is 5.91 Å². The van der Waals surface area contributed by atoms with Crippen molar-refractivity contribution in [3.8, 4) is 0 Å². The van der Waals surface area contributed by atoms with Crippen molar-refractivity contribution in [3.05, 3.63) is 0 Å². The van der Waals surface area contributed by atoms with E-state index in [1.807, 2.05) is 20.8 Å². The van der Waals surface area contributed by atoms with E-state index in [0.717, 1.165) is 44.3 Å². The largest absolute Gasteiger partial charge is 0.444 e. The number of alkyl carbamates (subject to hydrolysis) is 1. The highest BCUT2D eigenvalue weighted by atomic mass is 32.1. The molecule has 0 unspecified atom stereocenters. The van der Waals surface area contributed by atoms with Crippen molar-refractivity contribution < 1.29 is 14.3 Å². The molecule has 0 saturated heterocycles. The summed E-state index contributed by atoms with van der Waals surface area (Å²) in [6.45, 7) is 5.45. The number of amides is 2. The molecule has 140 valence electrons. The molecule has 0 aliphatic heterocycles. The van der Waals surface area contributed by atoms with Crippen LogP contribution in [0.1, 0.15) is 78.6 Å². The third kappa shape index (κ3) is 9.40. The maximum Gasteiger partial charge on any atom is 0.408 e. The van der Waals surface area contributed by atoms with E-state index < -0.39 is 17.7 Å². The second kappa shape index (κ2) is 10.9. The van der Waals surface area contributed by atoms with Gasteiger partial charge in [-0.1, -0.05) is 32.1 Å². The molecule has 0 aromatic rings. The van der Waals surface area contributed by atoms with Gasteiger partial charge in [0.1, 0.15) is 11.6 Å². The van der Waals surface area contributed by atoms with Crippen LogP contribution in [0.4, 0.5) is 4.79 Å². The second-order valence-electron chi connectivity index (χ2n) is 7.62. The summed E-state index contributed by atoms with van der Waals surface area (Å²) in [5.41, 5.74) is -0.566. The van der Waals surface area contributed by atoms with E-state index in [0.29, 0.717) is 6.42 Å². The number of unbranched alkanes of at least 4 members (excludes halogenated alkanes) is 3. The van der Waals surface area contributed by atoms with E-state index >= 15 is 0 Å². The lowest BCUT2D eigenvalue weighted by atomic mass is 10.1. The summed E-state index contributed by atoms with van der Waals surface area (Å²) in [5, 5.41) is 5.83. The number of hydrogen-bond acceptors (Lipinski definition) is 4. The Morgan fingerprint density at radius 3 is 2.33 bits per heavy atom. The van der Waals surface area contributed by atoms with Crippen LogP contribution >= 0.6 is 12.6 Å². The minimum Gasteiger partial charge on any atom is -0.444 e. The van der Waals surface area contributed by atoms with Crippen molar-refractivity contribution in [3.63, 3.8) is 0 Å². The fourth-order valence-corrected chi connectivity index (χ4v) is 3.13. The fraction of sp³-hybridized carbons (Fsp3) is 0.889. The number of ether oxygens (including phenoxy) is 1. The number of rotatable bonds is 9. The van der Waals surface area contributed by atoms with E-state index in [1.165, 1.54) is 12.8 Å². The SMILES string of the molecule is CC(C)(C)OC(=O)N[C@@H](CCCCCCS)C(=O)NC1CCCC1. The lowest BCUT2D eigenvalue weighted by Crippen LogP contribution is -2.50. The molecular formula is C18H34N2O3S. The molecule has 5 nitrogen and oxygen atoms in total. The summed E-state index contributed by atoms with van der Waals surface area (Å²) in [5.74, 6) is 0.809. The van der Waals surface area contributed by atoms with Crippen LogP contribution in [0, 0.1) is 0 Å². The Morgan fingerprint density at radius 2 is 1.75 bits per heavy atom. The molecule has 0 bridgehead atoms. The lowest BCUT2D eigenvalue weighted by molar-refractivity contribution is -0.124. The van der Waals surface area contributed by atoms with Gasteiger partial charge in [-0.15, -0.1) is 0 Å². The Kier molecular flexibility index (Phi) is 9.56. The number of hydrogen-bond donors (Lipinski definition) is 3. The molecule has 1 fully saturated rings. The van der Waals surface area contributed by atoms with Crippen molar-refractivity contribution in [2.45, 2.75) is 96.2 Å². The van der Waals surface area contributed by atoms with Gasteiger partial charge in [-0.25, -0.2) is 4.79 Å². The van der Waals surface area contributed by atoms with E-state index in [1.54, 1.807) is 0 Å². The van der Waals surface area contributed by atoms with E-state index in [2.05, 4.69) is 23.3 Å². The Morgan fingerprint density at radius 1 is 1.12 bits per heavy atom. The molecule has 0 radical (unpaired) electrons. The van der Waals surface area contributed by atoms with Crippen molar-refractivity contribution in [2.24, 2.45) is 0 Å². The van der Waals surface area contributed by atoms with Gasteiger partial charge in [-0.2, -0.15) is 12.6 Å². The zero-order valence-corrected chi connectivity index (χ0v) is 16.3. The molecule has 1 saturated carbocycles. The average molecular weight is 359 g/mol. The molecule has 0 heterocycles. The maximum atomic E-state index is 12.5. The van der Waals surface area contributed by atoms with Crippen molar-refractivity contribution in [2.75, 3.05) is 5.75 Å². The molecule has 1 rings (SSSR count). The molecule has 1 aliphatic carbocycles. The zero-order chi connectivity index (χ0) is 18.0. The summed E-state index contributed by atoms with van der Waals surface area (Å²) in [7, 11) is 0. The highest BCUT2D eigenvalue weighted by Gasteiger charge is 2.26. The van der Waals surface area contributed by atoms with Gasteiger partial charge in [0.15, 0.2) is 0 Å². The first-order valence-corrected chi connectivity index (χ1v) is 9.86. The van der Waals surface area contributed by atoms with Gasteiger partial charge < -0.3 is 15.4 Å². The molecule has 6 heteroatoms. The number of carbonyl (C=O) groups is 2. The topological polar surface area (TPSA) is 67.4 Å². The van der Waals surface area contributed by atoms with Crippen LogP contribution in [0.25, 0.3) is 0 Å². The maximum absolute atomic E-state index is 12.5. The van der Waals surface area contributed by atoms with Crippen LogP contribution in [0.5, 0.6) is 0 Å². The minimum atomic E-state index is -0.566. The van der Waals surface area contributed by atoms with E-state index in [9.17, 15) is 9.59 Å². The van der Waals surface area contributed by atoms with Crippen molar-refractivity contribution in [1.29, 1.82) is 0 Å². The smallest absolute Gasteiger partial charge is 0.408 e. The van der Waals surface area contributed by atoms with Crippen LogP contribution in [-0.4, -0.2) is 35.4 Å². The third-order valence-corrected chi connectivity index (χ3v) is 4.43. The quantitative estimate of drug-likeness (QED) is 0.433. The van der Waals surface area contributed by atoms with Gasteiger partial charge >= 0.3 is 6.09 Å². The first-order chi connectivity index (χ1) is 11.3. The van der Waals surface area contributed by atoms with Crippen LogP contribution < -0.4 is 10.6 Å². The van der Waals surface area contributed by atoms with E-state index in [4.69, 9.17) is 4.74 Å². The van der Waals surface area contributed by atoms with Crippen LogP contribution in [0.3, 0.4) is 0 Å². The summed E-state index contributed by atoms with van der Waals surface area (Å²) >= 11 is 4.21. The molecular weight excluding hydrogens is 324 g/mol. The molecule has 2 amide bonds. The molecule has 1 atom stereocenters. The number of nitrogens with one attached hydrogen (secondary N) is 2. The predicted molar refractivity (Wildman–Crippen MR) is 100 cm³/mol. The Hall–Kier alpha value is -0.910. The molecule has 0 aromatic heterocycles. The van der Waals surface area contributed by atoms with Crippen LogP contribution in [0.15, 0.2) is 0 Å². The summed E-state index contributed by atoms with van der Waals surface area (Å²) in [6.07, 6.45) is 8.66. The summed E-state index contributed by atoms with van der Waals surface area (Å²) in [4.78, 5) is 24.5. The highest BCUT2D eigenvalue weighted by Crippen LogP contribution is 2.18. The van der Waals surface area contributed by atoms with Crippen molar-refractivity contribution >= 4 is 24.6 Å². The first kappa shape index (κ1) is 21.1. The monoisotopic (exact) mass is 358 g/mol. The minimum absolute atomic E-state index is 0.0815. The highest BCUT2D eigenvalue weighted by molar-refractivity contribution is 7.80. The van der Waals surface area contributed by atoms with Crippen molar-refractivity contribution in [1.82, 2.24) is 10.6 Å². The number of carbonyl (C=O) groups excluding carboxylic acids is 2. The van der Waals surface area contributed by atoms with Crippen LogP contribution in [0.2, 0.25) is 0 Å². The first-order valence-electron chi connectivity index (χ1n) is 9.22. The molecule has 2 N–H and O–H groups in total. The molecule has 1 aliphatic rings. The lowest BCUT2D eigenvalue weighted by Gasteiger charge is -2.24. The second-order valence-corrected chi connectivity index (χ2v) is 8.06. The normalized spacial score (nSPS) is 16.7. The molecule has 0 spiro atoms. The molecule has 0 aromatic carbocycles. The van der Waals surface area contributed by atoms with Crippen LogP contribution in [-0.2, 0) is 9.53 Å².